The summed E-state index contributed by atoms with van der Waals surface area (Å²) in [5.74, 6) is 0. The minimum Gasteiger partial charge on any atom is -0.224 e. The number of aryl methyl sites for hydroxylation is 12. The van der Waals surface area contributed by atoms with Gasteiger partial charge in [-0.3, -0.25) is 0 Å². The van der Waals surface area contributed by atoms with Crippen LogP contribution in [0.15, 0.2) is 164 Å². The van der Waals surface area contributed by atoms with Crippen molar-refractivity contribution in [2.24, 2.45) is 0 Å². The van der Waals surface area contributed by atoms with Crippen LogP contribution in [0.3, 0.4) is 0 Å². The molecule has 0 saturated carbocycles. The van der Waals surface area contributed by atoms with Gasteiger partial charge < -0.3 is 0 Å². The van der Waals surface area contributed by atoms with Gasteiger partial charge in [-0.25, -0.2) is 8.42 Å². The highest BCUT2D eigenvalue weighted by molar-refractivity contribution is 9.11. The third kappa shape index (κ3) is 38.3. The molecule has 0 radical (unpaired) electrons. The average Bonchev–Trinajstić information content (AvgIpc) is 0.806. The van der Waals surface area contributed by atoms with Gasteiger partial charge in [0.25, 0.3) is 0 Å². The summed E-state index contributed by atoms with van der Waals surface area (Å²) in [5.41, 5.74) is 24.4. The fourth-order valence-electron chi connectivity index (χ4n) is 14.0. The van der Waals surface area contributed by atoms with Crippen LogP contribution in [0.5, 0.6) is 0 Å². The van der Waals surface area contributed by atoms with Crippen molar-refractivity contribution >= 4 is 92.4 Å². The Hall–Kier alpha value is -5.18. The van der Waals surface area contributed by atoms with Crippen LogP contribution in [-0.4, -0.2) is 14.7 Å². The summed E-state index contributed by atoms with van der Waals surface area (Å²) in [7, 11) is -3.10. The minimum atomic E-state index is -4.34. The molecule has 0 fully saturated rings. The SMILES string of the molecule is Cc1cc(Br)cc(Br)c1C(C)(C)C.Cc1cc(C(F)(F)F)cc(Cl)c1C(C)(C)C.Cc1cc(C)cc(C(C)(C)C)c1.Cc1cc(Cl)cc(Cl)c1C(C)(C)C.Cc1ccc(Br)c(C(C)(C)C)c1.Cc1ccc(C(F)(F)F)c(C(C)(C)C)c1.Cc1ccc(C)c(C(C)(C)C)c1.Cc1ccc(C)c(C(C)(C)C)c1.Cc1ccc(S(C)(=O)=O)cc1C(C)(C)C. The molecule has 9 aromatic carbocycles. The van der Waals surface area contributed by atoms with Crippen molar-refractivity contribution in [2.75, 3.05) is 6.26 Å². The lowest BCUT2D eigenvalue weighted by atomic mass is 9.83. The quantitative estimate of drug-likeness (QED) is 0.154. The number of hydrogen-bond acceptors (Lipinski definition) is 2. The Morgan fingerprint density at radius 1 is 0.258 bits per heavy atom. The summed E-state index contributed by atoms with van der Waals surface area (Å²) in [4.78, 5) is 0.401. The van der Waals surface area contributed by atoms with Crippen LogP contribution < -0.4 is 0 Å². The summed E-state index contributed by atoms with van der Waals surface area (Å²) in [6.45, 7) is 82.3. The van der Waals surface area contributed by atoms with Crippen molar-refractivity contribution in [3.63, 3.8) is 0 Å². The Balaban J connectivity index is 0.000000676. The summed E-state index contributed by atoms with van der Waals surface area (Å²) >= 11 is 28.6. The molecule has 9 aromatic rings. The van der Waals surface area contributed by atoms with Crippen LogP contribution >= 0.6 is 82.6 Å². The number of benzene rings is 9. The predicted octanol–water partition coefficient (Wildman–Crippen LogP) is 36.2. The molecule has 0 spiro atoms. The van der Waals surface area contributed by atoms with Gasteiger partial charge in [0.05, 0.1) is 16.0 Å². The number of halogens is 12. The first-order valence-electron chi connectivity index (χ1n) is 40.8. The van der Waals surface area contributed by atoms with E-state index in [1.165, 1.54) is 99.2 Å². The molecule has 9 rings (SSSR count). The Morgan fingerprint density at radius 2 is 0.583 bits per heavy atom. The lowest BCUT2D eigenvalue weighted by Gasteiger charge is -2.24. The zero-order valence-corrected chi connectivity index (χ0v) is 88.0. The molecule has 0 atom stereocenters. The average molecular weight is 1930 g/mol. The summed E-state index contributed by atoms with van der Waals surface area (Å²) < 4.78 is 102. The monoisotopic (exact) mass is 1920 g/mol. The van der Waals surface area contributed by atoms with Crippen molar-refractivity contribution in [3.05, 3.63) is 302 Å². The number of sulfone groups is 1. The van der Waals surface area contributed by atoms with Crippen LogP contribution in [-0.2, 0) is 70.9 Å². The largest absolute Gasteiger partial charge is 0.416 e. The number of alkyl halides is 6. The van der Waals surface area contributed by atoms with Crippen LogP contribution in [0.2, 0.25) is 15.1 Å². The fourth-order valence-corrected chi connectivity index (χ4v) is 19.0. The molecule has 120 heavy (non-hydrogen) atoms. The second kappa shape index (κ2) is 44.3. The van der Waals surface area contributed by atoms with Crippen molar-refractivity contribution in [3.8, 4) is 0 Å². The van der Waals surface area contributed by atoms with Crippen molar-refractivity contribution in [2.45, 2.75) is 336 Å². The molecule has 0 aromatic heterocycles. The molecule has 666 valence electrons. The normalized spacial score (nSPS) is 12.2. The highest BCUT2D eigenvalue weighted by Crippen LogP contribution is 2.42. The van der Waals surface area contributed by atoms with Crippen molar-refractivity contribution < 1.29 is 34.8 Å². The fraction of sp³-hybridized carbons (Fsp3) is 0.486. The molecule has 0 bridgehead atoms. The lowest BCUT2D eigenvalue weighted by Crippen LogP contribution is -2.19. The topological polar surface area (TPSA) is 34.1 Å². The molecule has 0 aliphatic heterocycles. The molecule has 2 nitrogen and oxygen atoms in total. The summed E-state index contributed by atoms with van der Waals surface area (Å²) in [6, 6.07) is 46.3. The molecule has 0 unspecified atom stereocenters. The number of hydrogen-bond donors (Lipinski definition) is 0. The Labute approximate surface area is 765 Å². The second-order valence-electron chi connectivity index (χ2n) is 41.3. The molecule has 15 heteroatoms. The van der Waals surface area contributed by atoms with E-state index in [0.29, 0.717) is 21.0 Å². The van der Waals surface area contributed by atoms with E-state index in [9.17, 15) is 34.8 Å². The third-order valence-electron chi connectivity index (χ3n) is 19.5. The summed E-state index contributed by atoms with van der Waals surface area (Å²) in [5, 5.41) is 1.65. The minimum absolute atomic E-state index is 0.0230. The predicted molar refractivity (Wildman–Crippen MR) is 524 cm³/mol. The van der Waals surface area contributed by atoms with Crippen molar-refractivity contribution in [1.82, 2.24) is 0 Å². The maximum atomic E-state index is 12.7. The van der Waals surface area contributed by atoms with Crippen LogP contribution in [0.25, 0.3) is 0 Å². The van der Waals surface area contributed by atoms with E-state index in [1.54, 1.807) is 58.9 Å². The Morgan fingerprint density at radius 3 is 0.892 bits per heavy atom. The molecule has 0 heterocycles. The standard InChI is InChI=1S/C12H14ClF3.C12H15F3.C12H18O2S.3C12H18.C11H14Br2.C11H15Br.C11H14Cl2/c1-7-5-8(12(14,15)16)6-9(13)10(7)11(2,3)4;1-8-5-6-9(12(13,14)15)10(7-8)11(2,3)4;1-9-6-7-10(15(5,13)14)8-11(9)12(2,3)4;1-9-6-10(2)8-11(7-9)12(3,4)5;2*1-9-6-7-10(2)11(8-9)12(3,4)5;1-7-5-8(12)6-9(13)10(7)11(2,3)4;1-8-5-6-10(12)9(7-8)11(2,3)4;1-7-5-8(12)6-9(13)10(7)11(2,3)4/h5-6H,1-4H3;5-7H,1-4H3;6-8H,1-5H3;3*6-8H,1-5H3;5-6H,1-4H3;5-7H,1-4H3;5-6H,1-4H3. The first-order chi connectivity index (χ1) is 53.5. The molecular weight excluding hydrogens is 1790 g/mol. The van der Waals surface area contributed by atoms with Gasteiger partial charge in [0.2, 0.25) is 0 Å². The maximum Gasteiger partial charge on any atom is 0.416 e. The highest BCUT2D eigenvalue weighted by atomic mass is 79.9. The summed E-state index contributed by atoms with van der Waals surface area (Å²) in [6.07, 6.45) is -7.37. The van der Waals surface area contributed by atoms with Gasteiger partial charge in [0, 0.05) is 34.7 Å². The van der Waals surface area contributed by atoms with Crippen molar-refractivity contribution in [1.29, 1.82) is 0 Å². The maximum absolute atomic E-state index is 12.7. The number of rotatable bonds is 1. The van der Waals surface area contributed by atoms with E-state index in [1.807, 2.05) is 46.8 Å². The van der Waals surface area contributed by atoms with Crippen LogP contribution in [0.1, 0.15) is 315 Å². The first-order valence-corrected chi connectivity index (χ1v) is 46.3. The van der Waals surface area contributed by atoms with Gasteiger partial charge in [-0.1, -0.05) is 388 Å². The van der Waals surface area contributed by atoms with E-state index in [0.717, 1.165) is 55.5 Å². The lowest BCUT2D eigenvalue weighted by molar-refractivity contribution is -0.139. The van der Waals surface area contributed by atoms with Gasteiger partial charge in [-0.2, -0.15) is 26.3 Å². The smallest absolute Gasteiger partial charge is 0.224 e. The van der Waals surface area contributed by atoms with E-state index >= 15 is 0 Å². The molecule has 0 aliphatic rings. The Kier molecular flexibility index (Phi) is 41.7. The van der Waals surface area contributed by atoms with Crippen LogP contribution in [0, 0.1) is 83.1 Å². The van der Waals surface area contributed by atoms with E-state index in [-0.39, 0.29) is 48.3 Å². The first kappa shape index (κ1) is 113. The molecule has 0 aliphatic carbocycles. The van der Waals surface area contributed by atoms with Gasteiger partial charge >= 0.3 is 12.4 Å². The van der Waals surface area contributed by atoms with Gasteiger partial charge in [0.15, 0.2) is 9.84 Å². The zero-order valence-electron chi connectivity index (χ0n) is 80.1. The van der Waals surface area contributed by atoms with E-state index < -0.39 is 38.7 Å². The second-order valence-corrected chi connectivity index (χ2v) is 47.2. The van der Waals surface area contributed by atoms with E-state index in [2.05, 4.69) is 334 Å². The van der Waals surface area contributed by atoms with Crippen LogP contribution in [0.4, 0.5) is 26.3 Å². The van der Waals surface area contributed by atoms with E-state index in [4.69, 9.17) is 34.8 Å². The third-order valence-corrected chi connectivity index (χ3v) is 23.2. The Bertz CT molecular complexity index is 4680. The highest BCUT2D eigenvalue weighted by Gasteiger charge is 2.37. The zero-order chi connectivity index (χ0) is 94.3. The molecule has 0 N–H and O–H groups in total. The molecular formula is C105H144Br3Cl3F6O2S. The van der Waals surface area contributed by atoms with Gasteiger partial charge in [-0.15, -0.1) is 0 Å². The van der Waals surface area contributed by atoms with Gasteiger partial charge in [-0.05, 0) is 276 Å². The molecule has 0 saturated heterocycles. The molecule has 0 amide bonds. The van der Waals surface area contributed by atoms with Gasteiger partial charge in [0.1, 0.15) is 0 Å².